The fourth-order valence-electron chi connectivity index (χ4n) is 2.22. The van der Waals surface area contributed by atoms with Gasteiger partial charge in [-0.1, -0.05) is 29.8 Å². The van der Waals surface area contributed by atoms with E-state index in [0.29, 0.717) is 25.8 Å². The number of nitrogens with two attached hydrogens (primary N) is 1. The van der Waals surface area contributed by atoms with Crippen LogP contribution in [0.4, 0.5) is 5.82 Å². The van der Waals surface area contributed by atoms with E-state index in [1.807, 2.05) is 31.2 Å². The Hall–Kier alpha value is -1.86. The lowest BCUT2D eigenvalue weighted by atomic mass is 10.0. The highest BCUT2D eigenvalue weighted by Gasteiger charge is 2.24. The summed E-state index contributed by atoms with van der Waals surface area (Å²) in [5.74, 6) is 0.391. The van der Waals surface area contributed by atoms with Gasteiger partial charge in [-0.05, 0) is 12.5 Å². The third kappa shape index (κ3) is 1.99. The van der Waals surface area contributed by atoms with E-state index in [0.717, 1.165) is 22.5 Å². The minimum Gasteiger partial charge on any atom is -0.384 e. The first kappa shape index (κ1) is 13.1. The Labute approximate surface area is 120 Å². The van der Waals surface area contributed by atoms with Crippen molar-refractivity contribution in [2.75, 3.05) is 12.0 Å². The molecular weight excluding hydrogens is 294 g/mol. The summed E-state index contributed by atoms with van der Waals surface area (Å²) in [5.41, 5.74) is 8.44. The molecule has 0 fully saturated rings. The maximum absolute atomic E-state index is 12.0. The van der Waals surface area contributed by atoms with Gasteiger partial charge in [0.15, 0.2) is 9.84 Å². The number of hydrogen-bond acceptors (Lipinski definition) is 5. The average molecular weight is 307 g/mol. The average Bonchev–Trinajstić information content (AvgIpc) is 2.89. The monoisotopic (exact) mass is 307 g/mol. The Bertz CT molecular complexity index is 907. The van der Waals surface area contributed by atoms with Crippen LogP contribution in [0.3, 0.4) is 0 Å². The number of fused-ring (bicyclic) bond motifs is 1. The van der Waals surface area contributed by atoms with Crippen LogP contribution in [-0.4, -0.2) is 24.9 Å². The van der Waals surface area contributed by atoms with Crippen LogP contribution < -0.4 is 5.73 Å². The third-order valence-electron chi connectivity index (χ3n) is 3.05. The number of nitrogens with one attached hydrogen (secondary N) is 1. The number of aromatic nitrogens is 2. The number of aromatic amines is 1. The van der Waals surface area contributed by atoms with Gasteiger partial charge in [-0.2, -0.15) is 5.10 Å². The fourth-order valence-corrected chi connectivity index (χ4v) is 4.55. The van der Waals surface area contributed by atoms with Gasteiger partial charge >= 0.3 is 0 Å². The van der Waals surface area contributed by atoms with Gasteiger partial charge in [0.1, 0.15) is 14.9 Å². The van der Waals surface area contributed by atoms with E-state index >= 15 is 0 Å². The van der Waals surface area contributed by atoms with Crippen LogP contribution in [0.25, 0.3) is 21.3 Å². The highest BCUT2D eigenvalue weighted by atomic mass is 32.2. The fraction of sp³-hybridized carbons (Fsp3) is 0.154. The maximum atomic E-state index is 12.0. The van der Waals surface area contributed by atoms with E-state index in [2.05, 4.69) is 10.2 Å². The van der Waals surface area contributed by atoms with Gasteiger partial charge in [-0.3, -0.25) is 5.10 Å². The largest absolute Gasteiger partial charge is 0.384 e. The van der Waals surface area contributed by atoms with E-state index in [1.165, 1.54) is 6.26 Å². The van der Waals surface area contributed by atoms with Crippen molar-refractivity contribution in [2.24, 2.45) is 0 Å². The number of nitrogen functional groups attached to an aromatic ring is 1. The second-order valence-corrected chi connectivity index (χ2v) is 7.93. The number of hydrogen-bond donors (Lipinski definition) is 2. The first-order chi connectivity index (χ1) is 9.38. The molecule has 0 aliphatic carbocycles. The molecule has 0 atom stereocenters. The second-order valence-electron chi connectivity index (χ2n) is 4.72. The molecule has 2 heterocycles. The zero-order valence-electron chi connectivity index (χ0n) is 11.0. The first-order valence-corrected chi connectivity index (χ1v) is 8.62. The van der Waals surface area contributed by atoms with Crippen LogP contribution >= 0.6 is 11.3 Å². The Kier molecular flexibility index (Phi) is 2.84. The number of H-pyrrole nitrogens is 1. The van der Waals surface area contributed by atoms with Crippen LogP contribution in [0.2, 0.25) is 0 Å². The number of anilines is 1. The van der Waals surface area contributed by atoms with E-state index in [4.69, 9.17) is 5.73 Å². The molecule has 3 rings (SSSR count). The summed E-state index contributed by atoms with van der Waals surface area (Å²) in [4.78, 5) is 0.611. The molecule has 0 amide bonds. The number of benzene rings is 1. The van der Waals surface area contributed by atoms with Crippen molar-refractivity contribution in [1.29, 1.82) is 0 Å². The van der Waals surface area contributed by atoms with Crippen molar-refractivity contribution in [3.8, 4) is 11.1 Å². The predicted molar refractivity (Wildman–Crippen MR) is 81.7 cm³/mol. The molecule has 0 saturated carbocycles. The molecule has 0 saturated heterocycles. The highest BCUT2D eigenvalue weighted by molar-refractivity contribution is 7.93. The first-order valence-electron chi connectivity index (χ1n) is 5.91. The van der Waals surface area contributed by atoms with Gasteiger partial charge in [0.2, 0.25) is 0 Å². The summed E-state index contributed by atoms with van der Waals surface area (Å²) in [6, 6.07) is 7.70. The number of thiophene rings is 1. The van der Waals surface area contributed by atoms with Gasteiger partial charge in [-0.15, -0.1) is 11.3 Å². The molecular formula is C13H13N3O2S2. The molecule has 0 unspecified atom stereocenters. The summed E-state index contributed by atoms with van der Waals surface area (Å²) in [5, 5.41) is 7.45. The Morgan fingerprint density at radius 1 is 1.35 bits per heavy atom. The van der Waals surface area contributed by atoms with Crippen molar-refractivity contribution in [1.82, 2.24) is 10.2 Å². The summed E-state index contributed by atoms with van der Waals surface area (Å²) in [7, 11) is -3.33. The molecule has 1 aromatic carbocycles. The molecule has 3 N–H and O–H groups in total. The summed E-state index contributed by atoms with van der Waals surface area (Å²) in [6.45, 7) is 1.96. The van der Waals surface area contributed by atoms with Crippen LogP contribution in [0, 0.1) is 6.92 Å². The molecule has 0 radical (unpaired) electrons. The van der Waals surface area contributed by atoms with Crippen LogP contribution in [-0.2, 0) is 9.84 Å². The van der Waals surface area contributed by atoms with Crippen LogP contribution in [0.1, 0.15) is 5.56 Å². The Morgan fingerprint density at radius 2 is 2.10 bits per heavy atom. The highest BCUT2D eigenvalue weighted by Crippen LogP contribution is 2.43. The number of aryl methyl sites for hydroxylation is 1. The van der Waals surface area contributed by atoms with Gasteiger partial charge in [-0.25, -0.2) is 8.42 Å². The summed E-state index contributed by atoms with van der Waals surface area (Å²) in [6.07, 6.45) is 1.21. The SMILES string of the molecule is Cc1cccc(-c2c(S(C)(=O)=O)sc3n[nH]c(N)c23)c1. The number of nitrogens with zero attached hydrogens (tertiary/aromatic N) is 1. The minimum atomic E-state index is -3.33. The minimum absolute atomic E-state index is 0.307. The third-order valence-corrected chi connectivity index (χ3v) is 5.96. The lowest BCUT2D eigenvalue weighted by Crippen LogP contribution is -1.97. The molecule has 0 spiro atoms. The topological polar surface area (TPSA) is 88.8 Å². The van der Waals surface area contributed by atoms with Crippen molar-refractivity contribution in [3.63, 3.8) is 0 Å². The van der Waals surface area contributed by atoms with Crippen LogP contribution in [0.5, 0.6) is 0 Å². The number of rotatable bonds is 2. The van der Waals surface area contributed by atoms with Gasteiger partial charge in [0.25, 0.3) is 0 Å². The van der Waals surface area contributed by atoms with Crippen molar-refractivity contribution in [3.05, 3.63) is 29.8 Å². The van der Waals surface area contributed by atoms with E-state index in [1.54, 1.807) is 0 Å². The van der Waals surface area contributed by atoms with E-state index in [9.17, 15) is 8.42 Å². The lowest BCUT2D eigenvalue weighted by molar-refractivity contribution is 0.604. The molecule has 0 aliphatic heterocycles. The summed E-state index contributed by atoms with van der Waals surface area (Å²) >= 11 is 1.14. The lowest BCUT2D eigenvalue weighted by Gasteiger charge is -2.05. The Morgan fingerprint density at radius 3 is 2.75 bits per heavy atom. The second kappa shape index (κ2) is 4.32. The summed E-state index contributed by atoms with van der Waals surface area (Å²) < 4.78 is 24.4. The van der Waals surface area contributed by atoms with Gasteiger partial charge in [0.05, 0.1) is 5.39 Å². The zero-order chi connectivity index (χ0) is 14.5. The van der Waals surface area contributed by atoms with Gasteiger partial charge in [0, 0.05) is 11.8 Å². The van der Waals surface area contributed by atoms with E-state index in [-0.39, 0.29) is 0 Å². The standard InChI is InChI=1S/C13H13N3O2S2/c1-7-4-3-5-8(6-7)9-10-11(14)15-16-12(10)19-13(9)20(2,17)18/h3-6H,1-2H3,(H3,14,15,16). The molecule has 2 aromatic heterocycles. The normalized spacial score (nSPS) is 12.1. The molecule has 3 aromatic rings. The maximum Gasteiger partial charge on any atom is 0.185 e. The van der Waals surface area contributed by atoms with Crippen molar-refractivity contribution >= 4 is 37.2 Å². The van der Waals surface area contributed by atoms with Crippen LogP contribution in [0.15, 0.2) is 28.5 Å². The molecule has 104 valence electrons. The Balaban J connectivity index is 2.45. The van der Waals surface area contributed by atoms with Gasteiger partial charge < -0.3 is 5.73 Å². The predicted octanol–water partition coefficient (Wildman–Crippen LogP) is 2.59. The van der Waals surface area contributed by atoms with E-state index < -0.39 is 9.84 Å². The number of sulfone groups is 1. The smallest absolute Gasteiger partial charge is 0.185 e. The molecule has 0 aliphatic rings. The molecule has 5 nitrogen and oxygen atoms in total. The molecule has 20 heavy (non-hydrogen) atoms. The molecule has 0 bridgehead atoms. The van der Waals surface area contributed by atoms with Crippen molar-refractivity contribution in [2.45, 2.75) is 11.1 Å². The van der Waals surface area contributed by atoms with Crippen molar-refractivity contribution < 1.29 is 8.42 Å². The zero-order valence-corrected chi connectivity index (χ0v) is 12.6. The quantitative estimate of drug-likeness (QED) is 0.761. The molecule has 7 heteroatoms.